The minimum absolute atomic E-state index is 0.748. The lowest BCUT2D eigenvalue weighted by atomic mass is 10.1. The third kappa shape index (κ3) is 5.66. The Balaban J connectivity index is 1.47. The number of unbranched alkanes of at least 4 members (excludes halogenated alkanes) is 1. The van der Waals surface area contributed by atoms with E-state index in [1.54, 1.807) is 0 Å². The monoisotopic (exact) mass is 483 g/mol. The van der Waals surface area contributed by atoms with Gasteiger partial charge in [-0.2, -0.15) is 0 Å². The molecule has 4 nitrogen and oxygen atoms in total. The number of rotatable bonds is 10. The van der Waals surface area contributed by atoms with Crippen LogP contribution in [-0.4, -0.2) is 20.8 Å². The number of hydrogen-bond acceptors (Lipinski definition) is 3. The van der Waals surface area contributed by atoms with Crippen LogP contribution in [0.1, 0.15) is 42.3 Å². The lowest BCUT2D eigenvalue weighted by Gasteiger charge is -2.24. The van der Waals surface area contributed by atoms with Gasteiger partial charge >= 0.3 is 0 Å². The summed E-state index contributed by atoms with van der Waals surface area (Å²) in [5.41, 5.74) is 6.31. The maximum absolute atomic E-state index is 5.75. The first-order valence-electron chi connectivity index (χ1n) is 12.6. The van der Waals surface area contributed by atoms with E-state index >= 15 is 0 Å². The molecule has 2 heterocycles. The molecule has 1 aromatic heterocycles. The summed E-state index contributed by atoms with van der Waals surface area (Å²) in [5.74, 6) is 2.14. The minimum Gasteiger partial charge on any atom is -0.488 e. The molecule has 1 aliphatic heterocycles. The predicted octanol–water partition coefficient (Wildman–Crippen LogP) is 6.51. The fraction of sp³-hybridized carbons (Fsp3) is 0.300. The van der Waals surface area contributed by atoms with Crippen LogP contribution in [0.25, 0.3) is 11.4 Å². The molecule has 3 aromatic carbocycles. The van der Waals surface area contributed by atoms with E-state index < -0.39 is 0 Å². The predicted molar refractivity (Wildman–Crippen MR) is 147 cm³/mol. The van der Waals surface area contributed by atoms with Crippen molar-refractivity contribution >= 4 is 13.9 Å². The second kappa shape index (κ2) is 11.2. The van der Waals surface area contributed by atoms with Crippen molar-refractivity contribution in [2.45, 2.75) is 52.9 Å². The highest BCUT2D eigenvalue weighted by Gasteiger charge is 2.20. The molecular weight excluding hydrogens is 449 g/mol. The highest BCUT2D eigenvalue weighted by molar-refractivity contribution is 7.47. The summed E-state index contributed by atoms with van der Waals surface area (Å²) in [5, 5.41) is 1.36. The molecule has 35 heavy (non-hydrogen) atoms. The van der Waals surface area contributed by atoms with Gasteiger partial charge in [-0.3, -0.25) is 4.90 Å². The molecule has 0 aliphatic carbocycles. The molecule has 0 saturated carbocycles. The number of nitrogens with zero attached hydrogens (tertiary/aromatic N) is 3. The van der Waals surface area contributed by atoms with Crippen LogP contribution in [0.5, 0.6) is 5.75 Å². The van der Waals surface area contributed by atoms with Crippen LogP contribution in [0.4, 0.5) is 0 Å². The Labute approximate surface area is 210 Å². The lowest BCUT2D eigenvalue weighted by molar-refractivity contribution is 0.240. The summed E-state index contributed by atoms with van der Waals surface area (Å²) in [6.45, 7) is 8.07. The molecule has 1 atom stereocenters. The third-order valence-electron chi connectivity index (χ3n) is 6.60. The van der Waals surface area contributed by atoms with Gasteiger partial charge in [0, 0.05) is 37.0 Å². The van der Waals surface area contributed by atoms with Crippen molar-refractivity contribution in [3.8, 4) is 17.1 Å². The summed E-state index contributed by atoms with van der Waals surface area (Å²) in [6, 6.07) is 28.1. The number of ether oxygens (including phenoxy) is 1. The molecule has 0 saturated heterocycles. The number of aryl methyl sites for hydroxylation is 1. The summed E-state index contributed by atoms with van der Waals surface area (Å²) in [4.78, 5) is 7.62. The first kappa shape index (κ1) is 23.8. The van der Waals surface area contributed by atoms with E-state index in [0.29, 0.717) is 0 Å². The average Bonchev–Trinajstić information content (AvgIpc) is 3.48. The summed E-state index contributed by atoms with van der Waals surface area (Å²) >= 11 is 0. The molecule has 0 amide bonds. The molecule has 0 radical (unpaired) electrons. The van der Waals surface area contributed by atoms with Crippen LogP contribution in [0.15, 0.2) is 78.9 Å². The van der Waals surface area contributed by atoms with E-state index in [4.69, 9.17) is 9.72 Å². The molecule has 1 unspecified atom stereocenters. The van der Waals surface area contributed by atoms with Crippen LogP contribution < -0.4 is 10.0 Å². The number of imidazole rings is 1. The number of aromatic nitrogens is 2. The topological polar surface area (TPSA) is 30.3 Å². The Morgan fingerprint density at radius 2 is 1.66 bits per heavy atom. The quantitative estimate of drug-likeness (QED) is 0.241. The van der Waals surface area contributed by atoms with Gasteiger partial charge in [-0.05, 0) is 45.2 Å². The van der Waals surface area contributed by atoms with Crippen molar-refractivity contribution in [3.05, 3.63) is 101 Å². The lowest BCUT2D eigenvalue weighted by Crippen LogP contribution is -2.25. The minimum atomic E-state index is 0.748. The molecule has 0 bridgehead atoms. The van der Waals surface area contributed by atoms with Crippen molar-refractivity contribution in [2.24, 2.45) is 0 Å². The van der Waals surface area contributed by atoms with Crippen LogP contribution in [0, 0.1) is 6.92 Å². The highest BCUT2D eigenvalue weighted by atomic mass is 31.1. The van der Waals surface area contributed by atoms with Gasteiger partial charge in [-0.25, -0.2) is 4.98 Å². The van der Waals surface area contributed by atoms with E-state index in [1.807, 2.05) is 0 Å². The molecular formula is C30H34N3OP. The SMILES string of the molecule is CCCCn1c(-c2ccccc2)nc(C)c1CN(Cc1ccccc1)Cc1ccc2c(c1)PCO2. The first-order valence-corrected chi connectivity index (χ1v) is 13.8. The van der Waals surface area contributed by atoms with E-state index in [9.17, 15) is 0 Å². The first-order chi connectivity index (χ1) is 17.2. The molecule has 0 fully saturated rings. The summed E-state index contributed by atoms with van der Waals surface area (Å²) < 4.78 is 8.21. The van der Waals surface area contributed by atoms with Crippen LogP contribution in [0.3, 0.4) is 0 Å². The second-order valence-corrected chi connectivity index (χ2v) is 10.4. The van der Waals surface area contributed by atoms with Gasteiger partial charge in [0.15, 0.2) is 0 Å². The van der Waals surface area contributed by atoms with E-state index in [1.165, 1.54) is 27.7 Å². The Morgan fingerprint density at radius 1 is 0.914 bits per heavy atom. The van der Waals surface area contributed by atoms with Gasteiger partial charge in [0.25, 0.3) is 0 Å². The van der Waals surface area contributed by atoms with Crippen LogP contribution in [-0.2, 0) is 26.2 Å². The van der Waals surface area contributed by atoms with Crippen molar-refractivity contribution in [1.82, 2.24) is 14.5 Å². The van der Waals surface area contributed by atoms with Crippen molar-refractivity contribution in [3.63, 3.8) is 0 Å². The number of benzene rings is 3. The molecule has 5 rings (SSSR count). The fourth-order valence-electron chi connectivity index (χ4n) is 4.78. The van der Waals surface area contributed by atoms with Gasteiger partial charge in [0.2, 0.25) is 0 Å². The van der Waals surface area contributed by atoms with Crippen molar-refractivity contribution < 1.29 is 4.74 Å². The van der Waals surface area contributed by atoms with Crippen molar-refractivity contribution in [1.29, 1.82) is 0 Å². The van der Waals surface area contributed by atoms with Gasteiger partial charge < -0.3 is 9.30 Å². The molecule has 1 aliphatic rings. The Kier molecular flexibility index (Phi) is 7.61. The Bertz CT molecular complexity index is 1250. The van der Waals surface area contributed by atoms with Gasteiger partial charge in [0.1, 0.15) is 17.9 Å². The van der Waals surface area contributed by atoms with Crippen LogP contribution >= 0.6 is 8.58 Å². The average molecular weight is 484 g/mol. The molecule has 5 heteroatoms. The summed E-state index contributed by atoms with van der Waals surface area (Å²) in [7, 11) is 0.748. The van der Waals surface area contributed by atoms with Gasteiger partial charge in [0.05, 0.1) is 11.4 Å². The zero-order chi connectivity index (χ0) is 24.0. The Morgan fingerprint density at radius 3 is 2.43 bits per heavy atom. The Hall–Kier alpha value is -2.94. The number of hydrogen-bond donors (Lipinski definition) is 0. The standard InChI is InChI=1S/C30H34N3OP/c1-3-4-17-33-27(23(2)31-30(33)26-13-9-6-10-14-26)21-32(19-24-11-7-5-8-12-24)20-25-15-16-28-29(18-25)35-22-34-28/h5-16,18,35H,3-4,17,19-22H2,1-2H3. The van der Waals surface area contributed by atoms with E-state index in [-0.39, 0.29) is 0 Å². The van der Waals surface area contributed by atoms with Gasteiger partial charge in [-0.1, -0.05) is 80.1 Å². The second-order valence-electron chi connectivity index (χ2n) is 9.27. The fourth-order valence-corrected chi connectivity index (χ4v) is 5.78. The van der Waals surface area contributed by atoms with Crippen molar-refractivity contribution in [2.75, 3.05) is 6.35 Å². The largest absolute Gasteiger partial charge is 0.488 e. The van der Waals surface area contributed by atoms with E-state index in [2.05, 4.69) is 102 Å². The highest BCUT2D eigenvalue weighted by Crippen LogP contribution is 2.29. The maximum Gasteiger partial charge on any atom is 0.140 e. The maximum atomic E-state index is 5.75. The molecule has 0 spiro atoms. The normalized spacial score (nSPS) is 13.3. The molecule has 180 valence electrons. The zero-order valence-electron chi connectivity index (χ0n) is 20.7. The smallest absolute Gasteiger partial charge is 0.140 e. The molecule has 0 N–H and O–H groups in total. The van der Waals surface area contributed by atoms with Gasteiger partial charge in [-0.15, -0.1) is 0 Å². The zero-order valence-corrected chi connectivity index (χ0v) is 21.7. The van der Waals surface area contributed by atoms with Crippen LogP contribution in [0.2, 0.25) is 0 Å². The molecule has 4 aromatic rings. The third-order valence-corrected chi connectivity index (χ3v) is 7.66. The summed E-state index contributed by atoms with van der Waals surface area (Å²) in [6.07, 6.45) is 3.13. The van der Waals surface area contributed by atoms with E-state index in [0.717, 1.165) is 71.2 Å². The number of fused-ring (bicyclic) bond motifs is 1.